The molecule has 0 fully saturated rings. The van der Waals surface area contributed by atoms with Crippen LogP contribution in [0, 0.1) is 0 Å². The molecular formula is C7H13ClF3NO3. The Morgan fingerprint density at radius 1 is 1.40 bits per heavy atom. The summed E-state index contributed by atoms with van der Waals surface area (Å²) in [6.45, 7) is 1.98. The van der Waals surface area contributed by atoms with Crippen LogP contribution in [-0.4, -0.2) is 35.5 Å². The fourth-order valence-electron chi connectivity index (χ4n) is 0.685. The van der Waals surface area contributed by atoms with E-state index in [1.54, 1.807) is 0 Å². The van der Waals surface area contributed by atoms with Crippen LogP contribution in [0.5, 0.6) is 0 Å². The summed E-state index contributed by atoms with van der Waals surface area (Å²) in [7, 11) is 0. The summed E-state index contributed by atoms with van der Waals surface area (Å²) < 4.78 is 40.3. The van der Waals surface area contributed by atoms with Crippen molar-refractivity contribution in [3.8, 4) is 0 Å². The molecule has 0 radical (unpaired) electrons. The van der Waals surface area contributed by atoms with Gasteiger partial charge in [-0.15, -0.1) is 12.4 Å². The van der Waals surface area contributed by atoms with Crippen molar-refractivity contribution in [1.29, 1.82) is 0 Å². The smallest absolute Gasteiger partial charge is 0.414 e. The molecule has 0 aliphatic rings. The van der Waals surface area contributed by atoms with E-state index in [4.69, 9.17) is 10.8 Å². The first kappa shape index (κ1) is 16.9. The summed E-state index contributed by atoms with van der Waals surface area (Å²) in [4.78, 5) is 10.3. The molecule has 0 aliphatic carbocycles. The second kappa shape index (κ2) is 6.14. The largest absolute Gasteiger partial charge is 0.480 e. The second-order valence-corrected chi connectivity index (χ2v) is 2.89. The topological polar surface area (TPSA) is 72.5 Å². The van der Waals surface area contributed by atoms with Crippen molar-refractivity contribution in [1.82, 2.24) is 0 Å². The molecule has 3 atom stereocenters. The molecule has 0 rings (SSSR count). The number of halogens is 4. The molecule has 8 heteroatoms. The maximum atomic E-state index is 12.0. The van der Waals surface area contributed by atoms with Crippen molar-refractivity contribution in [2.75, 3.05) is 0 Å². The summed E-state index contributed by atoms with van der Waals surface area (Å²) >= 11 is 0. The lowest BCUT2D eigenvalue weighted by Crippen LogP contribution is -2.45. The molecule has 0 saturated heterocycles. The lowest BCUT2D eigenvalue weighted by molar-refractivity contribution is -0.227. The van der Waals surface area contributed by atoms with Gasteiger partial charge < -0.3 is 15.6 Å². The van der Waals surface area contributed by atoms with E-state index in [-0.39, 0.29) is 12.4 Å². The van der Waals surface area contributed by atoms with Gasteiger partial charge in [-0.1, -0.05) is 0 Å². The SMILES string of the molecule is C[C@H](O[C@H](C)[C@H](N)C(=O)O)C(F)(F)F.Cl. The molecule has 0 unspecified atom stereocenters. The minimum Gasteiger partial charge on any atom is -0.480 e. The quantitative estimate of drug-likeness (QED) is 0.787. The Labute approximate surface area is 91.0 Å². The van der Waals surface area contributed by atoms with Gasteiger partial charge in [0.1, 0.15) is 6.04 Å². The average Bonchev–Trinajstić information content (AvgIpc) is 2.00. The van der Waals surface area contributed by atoms with Crippen molar-refractivity contribution in [3.63, 3.8) is 0 Å². The third-order valence-corrected chi connectivity index (χ3v) is 1.67. The molecule has 0 aromatic heterocycles. The monoisotopic (exact) mass is 251 g/mol. The van der Waals surface area contributed by atoms with Gasteiger partial charge in [-0.25, -0.2) is 0 Å². The fraction of sp³-hybridized carbons (Fsp3) is 0.857. The molecule has 0 spiro atoms. The normalized spacial score (nSPS) is 17.5. The van der Waals surface area contributed by atoms with Crippen molar-refractivity contribution in [2.24, 2.45) is 5.73 Å². The number of hydrogen-bond acceptors (Lipinski definition) is 3. The van der Waals surface area contributed by atoms with E-state index >= 15 is 0 Å². The highest BCUT2D eigenvalue weighted by Gasteiger charge is 2.39. The first-order chi connectivity index (χ1) is 6.16. The highest BCUT2D eigenvalue weighted by Crippen LogP contribution is 2.23. The zero-order valence-electron chi connectivity index (χ0n) is 8.12. The summed E-state index contributed by atoms with van der Waals surface area (Å²) in [5.74, 6) is -1.40. The van der Waals surface area contributed by atoms with Crippen LogP contribution in [0.3, 0.4) is 0 Å². The van der Waals surface area contributed by atoms with Crippen molar-refractivity contribution >= 4 is 18.4 Å². The first-order valence-corrected chi connectivity index (χ1v) is 3.86. The standard InChI is InChI=1S/C7H12F3NO3.ClH/c1-3(5(11)6(12)13)14-4(2)7(8,9)10;/h3-5H,11H2,1-2H3,(H,12,13);1H/t3-,4+,5+;/m1./s1. The number of aliphatic carboxylic acids is 1. The number of alkyl halides is 3. The number of carboxylic acid groups (broad SMARTS) is 1. The zero-order chi connectivity index (χ0) is 11.5. The van der Waals surface area contributed by atoms with E-state index in [0.717, 1.165) is 6.92 Å². The fourth-order valence-corrected chi connectivity index (χ4v) is 0.685. The summed E-state index contributed by atoms with van der Waals surface area (Å²) in [5.41, 5.74) is 5.06. The third kappa shape index (κ3) is 5.81. The maximum Gasteiger partial charge on any atom is 0.414 e. The highest BCUT2D eigenvalue weighted by molar-refractivity contribution is 5.85. The molecular weight excluding hydrogens is 239 g/mol. The summed E-state index contributed by atoms with van der Waals surface area (Å²) in [6, 6.07) is -1.46. The number of rotatable bonds is 4. The van der Waals surface area contributed by atoms with Crippen LogP contribution in [0.25, 0.3) is 0 Å². The minimum absolute atomic E-state index is 0. The van der Waals surface area contributed by atoms with Crippen LogP contribution >= 0.6 is 12.4 Å². The van der Waals surface area contributed by atoms with Crippen molar-refractivity contribution in [3.05, 3.63) is 0 Å². The number of carboxylic acids is 1. The predicted octanol–water partition coefficient (Wildman–Crippen LogP) is 1.18. The Morgan fingerprint density at radius 2 is 1.80 bits per heavy atom. The Morgan fingerprint density at radius 3 is 2.07 bits per heavy atom. The first-order valence-electron chi connectivity index (χ1n) is 3.86. The van der Waals surface area contributed by atoms with Crippen LogP contribution in [0.2, 0.25) is 0 Å². The highest BCUT2D eigenvalue weighted by atomic mass is 35.5. The van der Waals surface area contributed by atoms with E-state index in [0.29, 0.717) is 0 Å². The zero-order valence-corrected chi connectivity index (χ0v) is 8.93. The molecule has 0 aliphatic heterocycles. The van der Waals surface area contributed by atoms with E-state index in [1.165, 1.54) is 6.92 Å². The van der Waals surface area contributed by atoms with Crippen LogP contribution < -0.4 is 5.73 Å². The van der Waals surface area contributed by atoms with Crippen LogP contribution in [0.4, 0.5) is 13.2 Å². The van der Waals surface area contributed by atoms with Crippen molar-refractivity contribution in [2.45, 2.75) is 38.3 Å². The van der Waals surface area contributed by atoms with Crippen LogP contribution in [0.15, 0.2) is 0 Å². The lowest BCUT2D eigenvalue weighted by Gasteiger charge is -2.23. The molecule has 0 bridgehead atoms. The Balaban J connectivity index is 0. The van der Waals surface area contributed by atoms with Gasteiger partial charge in [0.15, 0.2) is 6.10 Å². The minimum atomic E-state index is -4.51. The van der Waals surface area contributed by atoms with Gasteiger partial charge in [-0.05, 0) is 13.8 Å². The Bertz CT molecular complexity index is 212. The lowest BCUT2D eigenvalue weighted by atomic mass is 10.2. The van der Waals surface area contributed by atoms with Gasteiger partial charge in [-0.2, -0.15) is 13.2 Å². The van der Waals surface area contributed by atoms with Gasteiger partial charge in [0.2, 0.25) is 0 Å². The molecule has 15 heavy (non-hydrogen) atoms. The molecule has 0 aromatic rings. The third-order valence-electron chi connectivity index (χ3n) is 1.67. The van der Waals surface area contributed by atoms with Crippen LogP contribution in [-0.2, 0) is 9.53 Å². The second-order valence-electron chi connectivity index (χ2n) is 2.89. The molecule has 0 heterocycles. The molecule has 4 nitrogen and oxygen atoms in total. The molecule has 0 saturated carbocycles. The molecule has 92 valence electrons. The van der Waals surface area contributed by atoms with E-state index < -0.39 is 30.4 Å². The molecule has 0 aromatic carbocycles. The number of nitrogens with two attached hydrogens (primary N) is 1. The van der Waals surface area contributed by atoms with E-state index in [1.807, 2.05) is 0 Å². The number of carbonyl (C=O) groups is 1. The van der Waals surface area contributed by atoms with E-state index in [2.05, 4.69) is 4.74 Å². The average molecular weight is 252 g/mol. The Kier molecular flexibility index (Phi) is 6.91. The Hall–Kier alpha value is -0.530. The molecule has 3 N–H and O–H groups in total. The van der Waals surface area contributed by atoms with Gasteiger partial charge in [-0.3, -0.25) is 4.79 Å². The van der Waals surface area contributed by atoms with Crippen molar-refractivity contribution < 1.29 is 27.8 Å². The van der Waals surface area contributed by atoms with Gasteiger partial charge in [0.25, 0.3) is 0 Å². The maximum absolute atomic E-state index is 12.0. The summed E-state index contributed by atoms with van der Waals surface area (Å²) in [5, 5.41) is 8.38. The van der Waals surface area contributed by atoms with E-state index in [9.17, 15) is 18.0 Å². The van der Waals surface area contributed by atoms with Gasteiger partial charge in [0.05, 0.1) is 6.10 Å². The van der Waals surface area contributed by atoms with Crippen LogP contribution in [0.1, 0.15) is 13.8 Å². The molecule has 0 amide bonds. The summed E-state index contributed by atoms with van der Waals surface area (Å²) in [6.07, 6.45) is -7.72. The number of ether oxygens (including phenoxy) is 1. The van der Waals surface area contributed by atoms with Gasteiger partial charge in [0, 0.05) is 0 Å². The number of hydrogen-bond donors (Lipinski definition) is 2. The van der Waals surface area contributed by atoms with Gasteiger partial charge >= 0.3 is 12.1 Å². The predicted molar refractivity (Wildman–Crippen MR) is 48.9 cm³/mol.